The number of hydrogen-bond acceptors (Lipinski definition) is 3. The van der Waals surface area contributed by atoms with Crippen LogP contribution in [0.1, 0.15) is 12.0 Å². The Morgan fingerprint density at radius 1 is 1.41 bits per heavy atom. The molecule has 4 nitrogen and oxygen atoms in total. The van der Waals surface area contributed by atoms with Gasteiger partial charge in [0.05, 0.1) is 15.9 Å². The highest BCUT2D eigenvalue weighted by molar-refractivity contribution is 9.10. The predicted molar refractivity (Wildman–Crippen MR) is 61.8 cm³/mol. The standard InChI is InChI=1S/C8H4BrClF2N2O2S/c9-8-13-4-1-3(7(11)12)6(17(10,15)16)2-5(4)14-8/h1-2,7H,(H,13,14). The number of fused-ring (bicyclic) bond motifs is 1. The van der Waals surface area contributed by atoms with E-state index in [0.29, 0.717) is 10.3 Å². The first-order chi connectivity index (χ1) is 7.79. The third-order valence-electron chi connectivity index (χ3n) is 2.08. The Morgan fingerprint density at radius 2 is 2.06 bits per heavy atom. The molecule has 0 aliphatic rings. The topological polar surface area (TPSA) is 62.8 Å². The highest BCUT2D eigenvalue weighted by Crippen LogP contribution is 2.32. The fourth-order valence-corrected chi connectivity index (χ4v) is 2.89. The Balaban J connectivity index is 2.84. The molecule has 9 heteroatoms. The highest BCUT2D eigenvalue weighted by atomic mass is 79.9. The van der Waals surface area contributed by atoms with Gasteiger partial charge in [0.1, 0.15) is 0 Å². The van der Waals surface area contributed by atoms with Gasteiger partial charge in [-0.15, -0.1) is 0 Å². The first-order valence-electron chi connectivity index (χ1n) is 4.21. The van der Waals surface area contributed by atoms with Gasteiger partial charge in [0.2, 0.25) is 0 Å². The summed E-state index contributed by atoms with van der Waals surface area (Å²) in [5.74, 6) is 0. The summed E-state index contributed by atoms with van der Waals surface area (Å²) in [6.45, 7) is 0. The number of H-pyrrole nitrogens is 1. The van der Waals surface area contributed by atoms with Crippen molar-refractivity contribution in [2.45, 2.75) is 11.3 Å². The number of nitrogens with one attached hydrogen (secondary N) is 1. The molecule has 0 fully saturated rings. The van der Waals surface area contributed by atoms with Crippen LogP contribution in [0.25, 0.3) is 11.0 Å². The number of halogens is 4. The van der Waals surface area contributed by atoms with E-state index in [1.807, 2.05) is 0 Å². The number of rotatable bonds is 2. The summed E-state index contributed by atoms with van der Waals surface area (Å²) in [7, 11) is 0.866. The Kier molecular flexibility index (Phi) is 3.13. The average molecular weight is 346 g/mol. The van der Waals surface area contributed by atoms with E-state index in [4.69, 9.17) is 10.7 Å². The lowest BCUT2D eigenvalue weighted by Crippen LogP contribution is -1.98. The molecule has 0 amide bonds. The zero-order valence-electron chi connectivity index (χ0n) is 7.92. The molecular formula is C8H4BrClF2N2O2S. The molecule has 1 aromatic heterocycles. The van der Waals surface area contributed by atoms with Crippen molar-refractivity contribution in [3.05, 3.63) is 22.4 Å². The summed E-state index contributed by atoms with van der Waals surface area (Å²) >= 11 is 3.02. The number of alkyl halides is 2. The Bertz CT molecular complexity index is 686. The molecule has 0 unspecified atom stereocenters. The van der Waals surface area contributed by atoms with Gasteiger partial charge in [-0.25, -0.2) is 22.2 Å². The highest BCUT2D eigenvalue weighted by Gasteiger charge is 2.23. The van der Waals surface area contributed by atoms with Crippen LogP contribution in [0.15, 0.2) is 21.8 Å². The van der Waals surface area contributed by atoms with Crippen molar-refractivity contribution < 1.29 is 17.2 Å². The molecule has 0 saturated carbocycles. The molecule has 2 rings (SSSR count). The van der Waals surface area contributed by atoms with Crippen LogP contribution >= 0.6 is 26.6 Å². The maximum absolute atomic E-state index is 12.7. The number of nitrogens with zero attached hydrogens (tertiary/aromatic N) is 1. The van der Waals surface area contributed by atoms with Crippen LogP contribution in [0.2, 0.25) is 0 Å². The van der Waals surface area contributed by atoms with Crippen LogP contribution in [0.5, 0.6) is 0 Å². The minimum atomic E-state index is -4.24. The van der Waals surface area contributed by atoms with Gasteiger partial charge in [-0.05, 0) is 28.1 Å². The summed E-state index contributed by atoms with van der Waals surface area (Å²) < 4.78 is 48.1. The Hall–Kier alpha value is -0.730. The van der Waals surface area contributed by atoms with E-state index in [1.54, 1.807) is 0 Å². The summed E-state index contributed by atoms with van der Waals surface area (Å²) in [4.78, 5) is 5.92. The van der Waals surface area contributed by atoms with Crippen molar-refractivity contribution in [2.24, 2.45) is 0 Å². The van der Waals surface area contributed by atoms with Crippen LogP contribution in [-0.4, -0.2) is 18.4 Å². The zero-order chi connectivity index (χ0) is 12.8. The van der Waals surface area contributed by atoms with Crippen LogP contribution in [0, 0.1) is 0 Å². The Labute approximate surface area is 108 Å². The monoisotopic (exact) mass is 344 g/mol. The third-order valence-corrected chi connectivity index (χ3v) is 3.84. The molecule has 0 bridgehead atoms. The molecule has 1 heterocycles. The van der Waals surface area contributed by atoms with E-state index in [9.17, 15) is 17.2 Å². The van der Waals surface area contributed by atoms with E-state index in [2.05, 4.69) is 25.9 Å². The third kappa shape index (κ3) is 2.43. The lowest BCUT2D eigenvalue weighted by atomic mass is 10.2. The SMILES string of the molecule is O=S(=O)(Cl)c1cc2nc(Br)[nH]c2cc1C(F)F. The molecule has 0 spiro atoms. The van der Waals surface area contributed by atoms with Gasteiger partial charge in [0.25, 0.3) is 15.5 Å². The van der Waals surface area contributed by atoms with E-state index >= 15 is 0 Å². The molecule has 1 aromatic carbocycles. The van der Waals surface area contributed by atoms with E-state index in [-0.39, 0.29) is 5.52 Å². The number of aromatic nitrogens is 2. The molecule has 0 radical (unpaired) electrons. The van der Waals surface area contributed by atoms with E-state index in [0.717, 1.165) is 12.1 Å². The Morgan fingerprint density at radius 3 is 2.59 bits per heavy atom. The minimum Gasteiger partial charge on any atom is -0.332 e. The van der Waals surface area contributed by atoms with Crippen LogP contribution in [-0.2, 0) is 9.05 Å². The largest absolute Gasteiger partial charge is 0.332 e. The first-order valence-corrected chi connectivity index (χ1v) is 7.31. The smallest absolute Gasteiger partial charge is 0.265 e. The average Bonchev–Trinajstić information content (AvgIpc) is 2.53. The predicted octanol–water partition coefficient (Wildman–Crippen LogP) is 3.19. The maximum Gasteiger partial charge on any atom is 0.265 e. The van der Waals surface area contributed by atoms with Crippen molar-refractivity contribution in [3.8, 4) is 0 Å². The van der Waals surface area contributed by atoms with Crippen LogP contribution in [0.3, 0.4) is 0 Å². The second-order valence-electron chi connectivity index (χ2n) is 3.17. The van der Waals surface area contributed by atoms with Gasteiger partial charge in [0.15, 0.2) is 4.73 Å². The summed E-state index contributed by atoms with van der Waals surface area (Å²) in [6.07, 6.45) is -2.94. The van der Waals surface area contributed by atoms with Gasteiger partial charge >= 0.3 is 0 Å². The van der Waals surface area contributed by atoms with Gasteiger partial charge < -0.3 is 4.98 Å². The number of aromatic amines is 1. The molecular weight excluding hydrogens is 342 g/mol. The van der Waals surface area contributed by atoms with Gasteiger partial charge in [-0.2, -0.15) is 0 Å². The molecule has 0 saturated heterocycles. The molecule has 0 aliphatic heterocycles. The second-order valence-corrected chi connectivity index (χ2v) is 6.46. The quantitative estimate of drug-likeness (QED) is 0.850. The minimum absolute atomic E-state index is 0.237. The lowest BCUT2D eigenvalue weighted by molar-refractivity contribution is 0.148. The second kappa shape index (κ2) is 4.18. The number of hydrogen-bond donors (Lipinski definition) is 1. The fraction of sp³-hybridized carbons (Fsp3) is 0.125. The summed E-state index contributed by atoms with van der Waals surface area (Å²) in [5, 5.41) is 0. The molecule has 1 N–H and O–H groups in total. The summed E-state index contributed by atoms with van der Waals surface area (Å²) in [5.41, 5.74) is -0.111. The number of benzene rings is 1. The van der Waals surface area contributed by atoms with Gasteiger partial charge in [-0.1, -0.05) is 0 Å². The van der Waals surface area contributed by atoms with Crippen LogP contribution < -0.4 is 0 Å². The van der Waals surface area contributed by atoms with Crippen molar-refractivity contribution in [3.63, 3.8) is 0 Å². The summed E-state index contributed by atoms with van der Waals surface area (Å²) in [6, 6.07) is 2.04. The molecule has 0 aliphatic carbocycles. The number of imidazole rings is 1. The lowest BCUT2D eigenvalue weighted by Gasteiger charge is -2.05. The van der Waals surface area contributed by atoms with Crippen molar-refractivity contribution in [2.75, 3.05) is 0 Å². The molecule has 92 valence electrons. The van der Waals surface area contributed by atoms with Crippen molar-refractivity contribution in [1.82, 2.24) is 9.97 Å². The van der Waals surface area contributed by atoms with Gasteiger partial charge in [-0.3, -0.25) is 0 Å². The molecule has 17 heavy (non-hydrogen) atoms. The van der Waals surface area contributed by atoms with Crippen molar-refractivity contribution in [1.29, 1.82) is 0 Å². The van der Waals surface area contributed by atoms with E-state index < -0.39 is 25.9 Å². The fourth-order valence-electron chi connectivity index (χ4n) is 1.40. The first kappa shape index (κ1) is 12.7. The maximum atomic E-state index is 12.7. The zero-order valence-corrected chi connectivity index (χ0v) is 11.1. The van der Waals surface area contributed by atoms with Crippen molar-refractivity contribution >= 4 is 46.7 Å². The van der Waals surface area contributed by atoms with E-state index in [1.165, 1.54) is 0 Å². The van der Waals surface area contributed by atoms with Crippen LogP contribution in [0.4, 0.5) is 8.78 Å². The molecule has 0 atom stereocenters. The normalized spacial score (nSPS) is 12.5. The molecule has 2 aromatic rings. The van der Waals surface area contributed by atoms with Gasteiger partial charge in [0, 0.05) is 16.2 Å².